The van der Waals surface area contributed by atoms with Gasteiger partial charge in [0, 0.05) is 35.9 Å². The Kier molecular flexibility index (Phi) is 7.89. The maximum Gasteiger partial charge on any atom is 0.228 e. The van der Waals surface area contributed by atoms with Crippen molar-refractivity contribution in [2.75, 3.05) is 18.4 Å². The van der Waals surface area contributed by atoms with E-state index in [9.17, 15) is 4.79 Å². The molecule has 1 aromatic heterocycles. The van der Waals surface area contributed by atoms with E-state index in [-0.39, 0.29) is 36.6 Å². The van der Waals surface area contributed by atoms with E-state index >= 15 is 0 Å². The zero-order chi connectivity index (χ0) is 14.7. The average Bonchev–Trinajstić information content (AvgIpc) is 2.91. The first-order chi connectivity index (χ1) is 10.3. The molecule has 1 atom stereocenters. The minimum absolute atomic E-state index is 0. The van der Waals surface area contributed by atoms with Gasteiger partial charge in [-0.05, 0) is 50.1 Å². The molecule has 2 N–H and O–H groups in total. The number of benzene rings is 1. The Morgan fingerprint density at radius 2 is 2.17 bits per heavy atom. The number of aromatic nitrogens is 1. The molecule has 2 heterocycles. The number of rotatable bonds is 4. The van der Waals surface area contributed by atoms with Gasteiger partial charge >= 0.3 is 0 Å². The molecule has 1 aliphatic heterocycles. The Bertz CT molecular complexity index is 636. The number of aryl methyl sites for hydroxylation is 1. The SMILES string of the molecule is CCCn1ccc2cc(NC(=O)C3CCCNC3)ccc21.Cl.Cl. The van der Waals surface area contributed by atoms with Crippen molar-refractivity contribution in [2.24, 2.45) is 5.92 Å². The van der Waals surface area contributed by atoms with Gasteiger partial charge in [-0.1, -0.05) is 6.92 Å². The number of carbonyl (C=O) groups excluding carboxylic acids is 1. The molecule has 1 aliphatic rings. The second-order valence-corrected chi connectivity index (χ2v) is 5.82. The molecule has 2 aromatic rings. The number of anilines is 1. The molecule has 1 fully saturated rings. The van der Waals surface area contributed by atoms with Gasteiger partial charge in [0.1, 0.15) is 0 Å². The second kappa shape index (κ2) is 9.16. The van der Waals surface area contributed by atoms with Crippen LogP contribution in [0.5, 0.6) is 0 Å². The number of nitrogens with zero attached hydrogens (tertiary/aromatic N) is 1. The van der Waals surface area contributed by atoms with Crippen LogP contribution >= 0.6 is 24.8 Å². The van der Waals surface area contributed by atoms with Gasteiger partial charge in [-0.25, -0.2) is 0 Å². The zero-order valence-corrected chi connectivity index (χ0v) is 15.0. The molecule has 1 saturated heterocycles. The van der Waals surface area contributed by atoms with E-state index in [1.807, 2.05) is 6.07 Å². The average molecular weight is 358 g/mol. The van der Waals surface area contributed by atoms with Gasteiger partial charge < -0.3 is 15.2 Å². The highest BCUT2D eigenvalue weighted by Crippen LogP contribution is 2.22. The largest absolute Gasteiger partial charge is 0.347 e. The van der Waals surface area contributed by atoms with Crippen molar-refractivity contribution in [3.8, 4) is 0 Å². The molecule has 3 rings (SSSR count). The lowest BCUT2D eigenvalue weighted by atomic mass is 9.99. The van der Waals surface area contributed by atoms with Gasteiger partial charge in [-0.3, -0.25) is 4.79 Å². The van der Waals surface area contributed by atoms with Gasteiger partial charge in [0.15, 0.2) is 0 Å². The van der Waals surface area contributed by atoms with E-state index in [0.29, 0.717) is 0 Å². The van der Waals surface area contributed by atoms with Crippen LogP contribution in [0.25, 0.3) is 10.9 Å². The summed E-state index contributed by atoms with van der Waals surface area (Å²) in [5, 5.41) is 7.52. The van der Waals surface area contributed by atoms with Crippen LogP contribution in [-0.4, -0.2) is 23.6 Å². The highest BCUT2D eigenvalue weighted by atomic mass is 35.5. The van der Waals surface area contributed by atoms with Crippen molar-refractivity contribution in [2.45, 2.75) is 32.7 Å². The quantitative estimate of drug-likeness (QED) is 0.873. The fourth-order valence-corrected chi connectivity index (χ4v) is 3.03. The Morgan fingerprint density at radius 1 is 1.35 bits per heavy atom. The monoisotopic (exact) mass is 357 g/mol. The van der Waals surface area contributed by atoms with Crippen LogP contribution in [0.3, 0.4) is 0 Å². The molecule has 0 radical (unpaired) electrons. The summed E-state index contributed by atoms with van der Waals surface area (Å²) in [6, 6.07) is 8.28. The summed E-state index contributed by atoms with van der Waals surface area (Å²) in [5.41, 5.74) is 2.13. The Morgan fingerprint density at radius 3 is 2.87 bits per heavy atom. The molecular weight excluding hydrogens is 333 g/mol. The number of carbonyl (C=O) groups is 1. The Balaban J connectivity index is 0.00000132. The summed E-state index contributed by atoms with van der Waals surface area (Å²) in [5.74, 6) is 0.230. The van der Waals surface area contributed by atoms with Crippen molar-refractivity contribution in [3.63, 3.8) is 0 Å². The summed E-state index contributed by atoms with van der Waals surface area (Å²) in [6.07, 6.45) is 5.30. The molecule has 0 aliphatic carbocycles. The molecule has 128 valence electrons. The summed E-state index contributed by atoms with van der Waals surface area (Å²) in [6.45, 7) is 5.03. The van der Waals surface area contributed by atoms with E-state index in [0.717, 1.165) is 44.6 Å². The Hall–Kier alpha value is -1.23. The van der Waals surface area contributed by atoms with Crippen molar-refractivity contribution in [3.05, 3.63) is 30.5 Å². The standard InChI is InChI=1S/C17H23N3O.2ClH/c1-2-9-20-10-7-13-11-15(5-6-16(13)20)19-17(21)14-4-3-8-18-12-14;;/h5-7,10-11,14,18H,2-4,8-9,12H2,1H3,(H,19,21);2*1H. The first-order valence-corrected chi connectivity index (χ1v) is 7.88. The van der Waals surface area contributed by atoms with E-state index in [1.54, 1.807) is 0 Å². The van der Waals surface area contributed by atoms with E-state index in [2.05, 4.69) is 46.5 Å². The van der Waals surface area contributed by atoms with E-state index in [4.69, 9.17) is 0 Å². The maximum atomic E-state index is 12.3. The number of fused-ring (bicyclic) bond motifs is 1. The first-order valence-electron chi connectivity index (χ1n) is 7.88. The van der Waals surface area contributed by atoms with E-state index in [1.165, 1.54) is 10.9 Å². The molecule has 1 aromatic carbocycles. The number of hydrogen-bond acceptors (Lipinski definition) is 2. The first kappa shape index (κ1) is 19.8. The van der Waals surface area contributed by atoms with Gasteiger partial charge in [0.05, 0.1) is 5.92 Å². The summed E-state index contributed by atoms with van der Waals surface area (Å²) in [7, 11) is 0. The zero-order valence-electron chi connectivity index (χ0n) is 13.4. The lowest BCUT2D eigenvalue weighted by Crippen LogP contribution is -2.37. The highest BCUT2D eigenvalue weighted by molar-refractivity contribution is 5.95. The normalized spacial score (nSPS) is 17.2. The predicted molar refractivity (Wildman–Crippen MR) is 101 cm³/mol. The topological polar surface area (TPSA) is 46.1 Å². The van der Waals surface area contributed by atoms with Crippen LogP contribution in [-0.2, 0) is 11.3 Å². The predicted octanol–water partition coefficient (Wildman–Crippen LogP) is 3.83. The fraction of sp³-hybridized carbons (Fsp3) is 0.471. The van der Waals surface area contributed by atoms with Crippen molar-refractivity contribution in [1.29, 1.82) is 0 Å². The lowest BCUT2D eigenvalue weighted by Gasteiger charge is -2.21. The summed E-state index contributed by atoms with van der Waals surface area (Å²) >= 11 is 0. The van der Waals surface area contributed by atoms with E-state index < -0.39 is 0 Å². The highest BCUT2D eigenvalue weighted by Gasteiger charge is 2.20. The van der Waals surface area contributed by atoms with Crippen LogP contribution in [0.4, 0.5) is 5.69 Å². The molecule has 0 bridgehead atoms. The molecular formula is C17H25Cl2N3O. The third-order valence-electron chi connectivity index (χ3n) is 4.17. The summed E-state index contributed by atoms with van der Waals surface area (Å²) in [4.78, 5) is 12.3. The lowest BCUT2D eigenvalue weighted by molar-refractivity contribution is -0.120. The van der Waals surface area contributed by atoms with Gasteiger partial charge in [0.2, 0.25) is 5.91 Å². The van der Waals surface area contributed by atoms with Crippen LogP contribution in [0.1, 0.15) is 26.2 Å². The third kappa shape index (κ3) is 4.63. The Labute approximate surface area is 149 Å². The van der Waals surface area contributed by atoms with Gasteiger partial charge in [0.25, 0.3) is 0 Å². The van der Waals surface area contributed by atoms with Crippen LogP contribution < -0.4 is 10.6 Å². The molecule has 1 amide bonds. The smallest absolute Gasteiger partial charge is 0.228 e. The van der Waals surface area contributed by atoms with Crippen molar-refractivity contribution >= 4 is 47.3 Å². The number of nitrogens with one attached hydrogen (secondary N) is 2. The minimum Gasteiger partial charge on any atom is -0.347 e. The number of halogens is 2. The van der Waals surface area contributed by atoms with Crippen molar-refractivity contribution in [1.82, 2.24) is 9.88 Å². The van der Waals surface area contributed by atoms with Crippen LogP contribution in [0, 0.1) is 5.92 Å². The van der Waals surface area contributed by atoms with Crippen LogP contribution in [0.2, 0.25) is 0 Å². The number of piperidine rings is 1. The van der Waals surface area contributed by atoms with Crippen molar-refractivity contribution < 1.29 is 4.79 Å². The maximum absolute atomic E-state index is 12.3. The number of hydrogen-bond donors (Lipinski definition) is 2. The number of amides is 1. The molecule has 6 heteroatoms. The fourth-order valence-electron chi connectivity index (χ4n) is 3.03. The van der Waals surface area contributed by atoms with Crippen LogP contribution in [0.15, 0.2) is 30.5 Å². The molecule has 0 spiro atoms. The van der Waals surface area contributed by atoms with Gasteiger partial charge in [-0.15, -0.1) is 24.8 Å². The molecule has 0 saturated carbocycles. The third-order valence-corrected chi connectivity index (χ3v) is 4.17. The molecule has 4 nitrogen and oxygen atoms in total. The summed E-state index contributed by atoms with van der Waals surface area (Å²) < 4.78 is 2.26. The molecule has 23 heavy (non-hydrogen) atoms. The van der Waals surface area contributed by atoms with Gasteiger partial charge in [-0.2, -0.15) is 0 Å². The molecule has 1 unspecified atom stereocenters. The minimum atomic E-state index is 0. The second-order valence-electron chi connectivity index (χ2n) is 5.82.